The summed E-state index contributed by atoms with van der Waals surface area (Å²) in [5.74, 6) is -8.19. The molecular weight excluding hydrogens is 720 g/mol. The van der Waals surface area contributed by atoms with Crippen molar-refractivity contribution < 1.29 is 53.5 Å². The van der Waals surface area contributed by atoms with Crippen LogP contribution in [-0.2, 0) is 19.6 Å². The molecule has 3 aliphatic rings. The van der Waals surface area contributed by atoms with Crippen LogP contribution in [0.15, 0.2) is 29.2 Å². The molecular formula is C29H31Cl2F7N4O5S. The minimum atomic E-state index is -5.68. The van der Waals surface area contributed by atoms with E-state index in [0.29, 0.717) is 12.0 Å². The molecule has 1 saturated carbocycles. The summed E-state index contributed by atoms with van der Waals surface area (Å²) in [7, 11) is -4.63. The molecule has 2 N–H and O–H groups in total. The molecule has 2 heterocycles. The number of sulfonamides is 1. The number of halogens is 9. The van der Waals surface area contributed by atoms with Gasteiger partial charge < -0.3 is 15.0 Å². The Labute approximate surface area is 282 Å². The Morgan fingerprint density at radius 1 is 1.04 bits per heavy atom. The Kier molecular flexibility index (Phi) is 11.1. The van der Waals surface area contributed by atoms with Gasteiger partial charge in [0.2, 0.25) is 5.91 Å². The van der Waals surface area contributed by atoms with Gasteiger partial charge in [0.1, 0.15) is 11.8 Å². The fourth-order valence-electron chi connectivity index (χ4n) is 5.97. The molecule has 2 amide bonds. The van der Waals surface area contributed by atoms with E-state index in [2.05, 4.69) is 5.32 Å². The van der Waals surface area contributed by atoms with Gasteiger partial charge in [-0.2, -0.15) is 22.0 Å². The molecule has 0 bridgehead atoms. The lowest BCUT2D eigenvalue weighted by atomic mass is 9.93. The number of rotatable bonds is 8. The topological polar surface area (TPSA) is 108 Å². The molecule has 9 nitrogen and oxygen atoms in total. The molecule has 2 fully saturated rings. The second-order valence-corrected chi connectivity index (χ2v) is 14.0. The van der Waals surface area contributed by atoms with E-state index < -0.39 is 75.0 Å². The molecule has 48 heavy (non-hydrogen) atoms. The lowest BCUT2D eigenvalue weighted by Crippen LogP contribution is -2.49. The minimum Gasteiger partial charge on any atom is -0.446 e. The maximum atomic E-state index is 14.5. The van der Waals surface area contributed by atoms with Crippen LogP contribution >= 0.6 is 24.0 Å². The molecule has 266 valence electrons. The number of alkyl halides is 5. The Hall–Kier alpha value is -3.02. The highest BCUT2D eigenvalue weighted by atomic mass is 35.5. The van der Waals surface area contributed by atoms with Gasteiger partial charge in [0.05, 0.1) is 22.8 Å². The van der Waals surface area contributed by atoms with Crippen LogP contribution in [0.4, 0.5) is 52.6 Å². The van der Waals surface area contributed by atoms with E-state index >= 15 is 0 Å². The second-order valence-electron chi connectivity index (χ2n) is 11.8. The van der Waals surface area contributed by atoms with Crippen molar-refractivity contribution in [3.8, 4) is 0 Å². The molecule has 2 aromatic carbocycles. The molecule has 2 aliphatic heterocycles. The number of hydrogen-bond acceptors (Lipinski definition) is 6. The third-order valence-corrected chi connectivity index (χ3v) is 10.0. The zero-order valence-electron chi connectivity index (χ0n) is 25.2. The highest BCUT2D eigenvalue weighted by Gasteiger charge is 2.57. The first-order valence-corrected chi connectivity index (χ1v) is 16.6. The fourth-order valence-corrected chi connectivity index (χ4v) is 7.30. The van der Waals surface area contributed by atoms with E-state index in [1.807, 2.05) is 4.72 Å². The van der Waals surface area contributed by atoms with Gasteiger partial charge in [0.25, 0.3) is 10.0 Å². The van der Waals surface area contributed by atoms with Gasteiger partial charge in [-0.3, -0.25) is 14.4 Å². The van der Waals surface area contributed by atoms with E-state index in [0.717, 1.165) is 18.2 Å². The van der Waals surface area contributed by atoms with Gasteiger partial charge in [-0.15, -0.1) is 12.4 Å². The number of nitrogens with zero attached hydrogens (tertiary/aromatic N) is 2. The first-order chi connectivity index (χ1) is 21.9. The zero-order chi connectivity index (χ0) is 34.5. The second kappa shape index (κ2) is 14.1. The predicted octanol–water partition coefficient (Wildman–Crippen LogP) is 7.13. The fraction of sp³-hybridized carbons (Fsp3) is 0.517. The Morgan fingerprint density at radius 2 is 1.67 bits per heavy atom. The van der Waals surface area contributed by atoms with Gasteiger partial charge in [0, 0.05) is 36.5 Å². The lowest BCUT2D eigenvalue weighted by molar-refractivity contribution is -0.279. The van der Waals surface area contributed by atoms with Crippen LogP contribution in [0.25, 0.3) is 0 Å². The number of benzene rings is 2. The number of amides is 2. The summed E-state index contributed by atoms with van der Waals surface area (Å²) >= 11 is 5.65. The van der Waals surface area contributed by atoms with Gasteiger partial charge in [-0.1, -0.05) is 18.5 Å². The molecule has 1 saturated heterocycles. The summed E-state index contributed by atoms with van der Waals surface area (Å²) in [6.45, 7) is 0.384. The minimum absolute atomic E-state index is 0. The number of ether oxygens (including phenoxy) is 1. The van der Waals surface area contributed by atoms with Gasteiger partial charge in [-0.25, -0.2) is 22.0 Å². The van der Waals surface area contributed by atoms with Crippen molar-refractivity contribution in [1.82, 2.24) is 5.32 Å². The van der Waals surface area contributed by atoms with Crippen molar-refractivity contribution in [1.29, 1.82) is 0 Å². The standard InChI is InChI=1S/C29H30ClF7N4O5S.ClH/c1-15-13-41(27(43)46-18-6-4-17(5-7-18)38-14-28(33,34)29(35,36)37)26-20(15)11-19(12-23(26)40-8-2-3-24(40)42)47(44,45)39-25-21(31)9-16(30)10-22(25)32;/h9-12,15,17-18,38-39H,2-8,13-14H2,1H3;1H. The van der Waals surface area contributed by atoms with Gasteiger partial charge in [-0.05, 0) is 61.9 Å². The third kappa shape index (κ3) is 7.73. The van der Waals surface area contributed by atoms with Crippen LogP contribution in [-0.4, -0.2) is 64.3 Å². The summed E-state index contributed by atoms with van der Waals surface area (Å²) in [4.78, 5) is 28.5. The first kappa shape index (κ1) is 37.8. The largest absolute Gasteiger partial charge is 0.454 e. The average Bonchev–Trinajstić information content (AvgIpc) is 3.56. The molecule has 0 spiro atoms. The molecule has 0 radical (unpaired) electrons. The van der Waals surface area contributed by atoms with Crippen molar-refractivity contribution in [2.24, 2.45) is 0 Å². The summed E-state index contributed by atoms with van der Waals surface area (Å²) in [6, 6.07) is 3.23. The summed E-state index contributed by atoms with van der Waals surface area (Å²) in [5, 5.41) is 1.95. The van der Waals surface area contributed by atoms with Crippen molar-refractivity contribution in [2.75, 3.05) is 34.2 Å². The van der Waals surface area contributed by atoms with E-state index in [-0.39, 0.29) is 79.9 Å². The maximum Gasteiger partial charge on any atom is 0.454 e. The quantitative estimate of drug-likeness (QED) is 0.278. The van der Waals surface area contributed by atoms with Crippen molar-refractivity contribution in [3.63, 3.8) is 0 Å². The number of hydrogen-bond donors (Lipinski definition) is 2. The summed E-state index contributed by atoms with van der Waals surface area (Å²) < 4.78 is 127. The zero-order valence-corrected chi connectivity index (χ0v) is 27.6. The first-order valence-electron chi connectivity index (χ1n) is 14.7. The highest BCUT2D eigenvalue weighted by Crippen LogP contribution is 2.46. The van der Waals surface area contributed by atoms with Crippen molar-refractivity contribution in [2.45, 2.75) is 80.5 Å². The lowest BCUT2D eigenvalue weighted by Gasteiger charge is -2.32. The summed E-state index contributed by atoms with van der Waals surface area (Å²) in [5.41, 5.74) is -0.284. The number of carbonyl (C=O) groups excluding carboxylic acids is 2. The normalized spacial score (nSPS) is 21.6. The van der Waals surface area contributed by atoms with Crippen LogP contribution in [0.1, 0.15) is 56.9 Å². The number of anilines is 3. The molecule has 1 aliphatic carbocycles. The van der Waals surface area contributed by atoms with E-state index in [4.69, 9.17) is 16.3 Å². The number of carbonyl (C=O) groups is 2. The molecule has 2 aromatic rings. The van der Waals surface area contributed by atoms with Crippen molar-refractivity contribution >= 4 is 63.1 Å². The van der Waals surface area contributed by atoms with Crippen LogP contribution < -0.4 is 19.8 Å². The Balaban J connectivity index is 0.00000520. The smallest absolute Gasteiger partial charge is 0.446 e. The SMILES string of the molecule is CC1CN(C(=O)OC2CCC(NCC(F)(F)C(F)(F)F)CC2)c2c1cc(S(=O)(=O)Nc1c(F)cc(Cl)cc1F)cc2N1CCCC1=O.Cl. The van der Waals surface area contributed by atoms with Gasteiger partial charge in [0.15, 0.2) is 11.6 Å². The summed E-state index contributed by atoms with van der Waals surface area (Å²) in [6.07, 6.45) is -5.82. The Morgan fingerprint density at radius 3 is 2.23 bits per heavy atom. The van der Waals surface area contributed by atoms with E-state index in [9.17, 15) is 48.7 Å². The van der Waals surface area contributed by atoms with E-state index in [1.54, 1.807) is 6.92 Å². The molecule has 5 rings (SSSR count). The number of nitrogens with one attached hydrogen (secondary N) is 2. The van der Waals surface area contributed by atoms with Crippen LogP contribution in [0.3, 0.4) is 0 Å². The average molecular weight is 752 g/mol. The monoisotopic (exact) mass is 750 g/mol. The van der Waals surface area contributed by atoms with Crippen molar-refractivity contribution in [3.05, 3.63) is 46.5 Å². The molecule has 19 heteroatoms. The predicted molar refractivity (Wildman–Crippen MR) is 165 cm³/mol. The van der Waals surface area contributed by atoms with Crippen LogP contribution in [0.2, 0.25) is 5.02 Å². The third-order valence-electron chi connectivity index (χ3n) is 8.46. The number of fused-ring (bicyclic) bond motifs is 1. The molecule has 0 aromatic heterocycles. The maximum absolute atomic E-state index is 14.5. The highest BCUT2D eigenvalue weighted by molar-refractivity contribution is 7.92. The van der Waals surface area contributed by atoms with Crippen LogP contribution in [0.5, 0.6) is 0 Å². The Bertz CT molecular complexity index is 1650. The van der Waals surface area contributed by atoms with Crippen LogP contribution in [0, 0.1) is 11.6 Å². The van der Waals surface area contributed by atoms with Gasteiger partial charge >= 0.3 is 18.2 Å². The molecule has 1 atom stereocenters. The van der Waals surface area contributed by atoms with E-state index in [1.165, 1.54) is 15.9 Å². The molecule has 1 unspecified atom stereocenters.